The Balaban J connectivity index is 1.62. The van der Waals surface area contributed by atoms with Crippen LogP contribution in [0.5, 0.6) is 0 Å². The first kappa shape index (κ1) is 17.1. The molecule has 0 atom stereocenters. The average molecular weight is 391 g/mol. The van der Waals surface area contributed by atoms with Crippen LogP contribution in [0.25, 0.3) is 44.9 Å². The van der Waals surface area contributed by atoms with Gasteiger partial charge in [0.25, 0.3) is 0 Å². The van der Waals surface area contributed by atoms with Gasteiger partial charge in [-0.2, -0.15) is 0 Å². The van der Waals surface area contributed by atoms with E-state index in [1.54, 1.807) is 6.26 Å². The number of nitrogens with one attached hydrogen (secondary N) is 1. The van der Waals surface area contributed by atoms with E-state index in [0.717, 1.165) is 34.0 Å². The molecule has 5 rings (SSSR count). The van der Waals surface area contributed by atoms with E-state index in [0.29, 0.717) is 28.3 Å². The highest BCUT2D eigenvalue weighted by molar-refractivity contribution is 6.31. The molecule has 0 spiro atoms. The van der Waals surface area contributed by atoms with Crippen molar-refractivity contribution in [1.29, 1.82) is 0 Å². The second kappa shape index (κ2) is 6.53. The standard InChI is InChI=1S/C22H19ClN4O/c1-13(2)10-27-11-16(15-9-14(23)7-8-20(15)27)22-26-19(12-28-22)21-24-17-5-3-4-6-18(17)25-21/h3-9,11-13H,10H2,1-2H3,(H,24,25). The van der Waals surface area contributed by atoms with Crippen LogP contribution in [-0.4, -0.2) is 19.5 Å². The molecule has 3 aromatic heterocycles. The van der Waals surface area contributed by atoms with Crippen molar-refractivity contribution in [2.45, 2.75) is 20.4 Å². The van der Waals surface area contributed by atoms with E-state index in [-0.39, 0.29) is 0 Å². The van der Waals surface area contributed by atoms with Crippen LogP contribution in [0, 0.1) is 5.92 Å². The van der Waals surface area contributed by atoms with Gasteiger partial charge < -0.3 is 14.0 Å². The fourth-order valence-electron chi connectivity index (χ4n) is 3.56. The van der Waals surface area contributed by atoms with Crippen LogP contribution in [0.15, 0.2) is 59.3 Å². The Kier molecular flexibility index (Phi) is 3.98. The summed E-state index contributed by atoms with van der Waals surface area (Å²) in [7, 11) is 0. The van der Waals surface area contributed by atoms with Crippen molar-refractivity contribution in [2.24, 2.45) is 5.92 Å². The number of halogens is 1. The van der Waals surface area contributed by atoms with Gasteiger partial charge in [0.1, 0.15) is 12.0 Å². The van der Waals surface area contributed by atoms with Crippen LogP contribution in [0.4, 0.5) is 0 Å². The minimum absolute atomic E-state index is 0.523. The number of nitrogens with zero attached hydrogens (tertiary/aromatic N) is 3. The second-order valence-electron chi connectivity index (χ2n) is 7.39. The predicted molar refractivity (Wildman–Crippen MR) is 112 cm³/mol. The molecule has 0 saturated carbocycles. The molecule has 1 N–H and O–H groups in total. The Hall–Kier alpha value is -3.05. The number of fused-ring (bicyclic) bond motifs is 2. The van der Waals surface area contributed by atoms with Gasteiger partial charge >= 0.3 is 0 Å². The van der Waals surface area contributed by atoms with Crippen molar-refractivity contribution in [2.75, 3.05) is 0 Å². The topological polar surface area (TPSA) is 59.6 Å². The molecule has 3 heterocycles. The molecule has 0 bridgehead atoms. The van der Waals surface area contributed by atoms with Gasteiger partial charge in [-0.05, 0) is 36.2 Å². The average Bonchev–Trinajstić information content (AvgIpc) is 3.37. The molecule has 0 aliphatic carbocycles. The fourth-order valence-corrected chi connectivity index (χ4v) is 3.74. The first-order chi connectivity index (χ1) is 13.6. The molecule has 0 aliphatic rings. The zero-order valence-corrected chi connectivity index (χ0v) is 16.4. The minimum Gasteiger partial charge on any atom is -0.444 e. The predicted octanol–water partition coefficient (Wildman–Crippen LogP) is 6.15. The highest BCUT2D eigenvalue weighted by Crippen LogP contribution is 2.34. The van der Waals surface area contributed by atoms with Crippen molar-refractivity contribution in [3.8, 4) is 23.0 Å². The van der Waals surface area contributed by atoms with Crippen LogP contribution < -0.4 is 0 Å². The summed E-state index contributed by atoms with van der Waals surface area (Å²) in [6.07, 6.45) is 3.73. The van der Waals surface area contributed by atoms with Crippen molar-refractivity contribution in [3.63, 3.8) is 0 Å². The summed E-state index contributed by atoms with van der Waals surface area (Å²) in [6.45, 7) is 5.31. The minimum atomic E-state index is 0.523. The van der Waals surface area contributed by atoms with E-state index in [1.165, 1.54) is 0 Å². The van der Waals surface area contributed by atoms with Gasteiger partial charge in [-0.25, -0.2) is 9.97 Å². The quantitative estimate of drug-likeness (QED) is 0.400. The lowest BCUT2D eigenvalue weighted by molar-refractivity contribution is 0.534. The molecule has 0 radical (unpaired) electrons. The third kappa shape index (κ3) is 2.88. The van der Waals surface area contributed by atoms with Crippen LogP contribution in [0.3, 0.4) is 0 Å². The van der Waals surface area contributed by atoms with E-state index < -0.39 is 0 Å². The Morgan fingerprint density at radius 1 is 1.14 bits per heavy atom. The number of aromatic amines is 1. The van der Waals surface area contributed by atoms with Crippen molar-refractivity contribution >= 4 is 33.5 Å². The van der Waals surface area contributed by atoms with Gasteiger partial charge in [-0.15, -0.1) is 0 Å². The summed E-state index contributed by atoms with van der Waals surface area (Å²) in [5.41, 5.74) is 4.61. The molecule has 0 amide bonds. The van der Waals surface area contributed by atoms with Gasteiger partial charge in [0.2, 0.25) is 5.89 Å². The Morgan fingerprint density at radius 2 is 2.00 bits per heavy atom. The van der Waals surface area contributed by atoms with Gasteiger partial charge in [0.05, 0.1) is 16.6 Å². The molecule has 2 aromatic carbocycles. The number of benzene rings is 2. The van der Waals surface area contributed by atoms with Gasteiger partial charge in [-0.3, -0.25) is 0 Å². The monoisotopic (exact) mass is 390 g/mol. The van der Waals surface area contributed by atoms with Gasteiger partial charge in [-0.1, -0.05) is 37.6 Å². The number of imidazole rings is 1. The molecule has 0 saturated heterocycles. The SMILES string of the molecule is CC(C)Cn1cc(-c2nc(-c3nc4ccccc4[nH]3)co2)c2cc(Cl)ccc21. The van der Waals surface area contributed by atoms with E-state index in [2.05, 4.69) is 34.6 Å². The third-order valence-corrected chi connectivity index (χ3v) is 5.01. The molecule has 0 unspecified atom stereocenters. The maximum Gasteiger partial charge on any atom is 0.228 e. The molecular weight excluding hydrogens is 372 g/mol. The highest BCUT2D eigenvalue weighted by Gasteiger charge is 2.17. The van der Waals surface area contributed by atoms with Gasteiger partial charge in [0, 0.05) is 28.7 Å². The van der Waals surface area contributed by atoms with Crippen LogP contribution in [0.2, 0.25) is 5.02 Å². The number of hydrogen-bond acceptors (Lipinski definition) is 3. The van der Waals surface area contributed by atoms with E-state index in [1.807, 2.05) is 42.5 Å². The van der Waals surface area contributed by atoms with E-state index in [9.17, 15) is 0 Å². The lowest BCUT2D eigenvalue weighted by Gasteiger charge is -2.07. The summed E-state index contributed by atoms with van der Waals surface area (Å²) in [6, 6.07) is 13.8. The summed E-state index contributed by atoms with van der Waals surface area (Å²) >= 11 is 6.26. The maximum absolute atomic E-state index is 6.26. The lowest BCUT2D eigenvalue weighted by Crippen LogP contribution is -2.02. The van der Waals surface area contributed by atoms with Crippen molar-refractivity contribution < 1.29 is 4.42 Å². The van der Waals surface area contributed by atoms with E-state index in [4.69, 9.17) is 21.0 Å². The zero-order valence-electron chi connectivity index (χ0n) is 15.6. The normalized spacial score (nSPS) is 11.9. The smallest absolute Gasteiger partial charge is 0.228 e. The fraction of sp³-hybridized carbons (Fsp3) is 0.182. The molecule has 6 heteroatoms. The summed E-state index contributed by atoms with van der Waals surface area (Å²) in [5, 5.41) is 1.73. The lowest BCUT2D eigenvalue weighted by atomic mass is 10.2. The van der Waals surface area contributed by atoms with Crippen LogP contribution in [-0.2, 0) is 6.54 Å². The summed E-state index contributed by atoms with van der Waals surface area (Å²) in [4.78, 5) is 12.6. The first-order valence-electron chi connectivity index (χ1n) is 9.28. The Morgan fingerprint density at radius 3 is 2.82 bits per heavy atom. The van der Waals surface area contributed by atoms with Crippen LogP contribution >= 0.6 is 11.6 Å². The zero-order chi connectivity index (χ0) is 19.3. The molecule has 5 nitrogen and oxygen atoms in total. The highest BCUT2D eigenvalue weighted by atomic mass is 35.5. The van der Waals surface area contributed by atoms with Crippen molar-refractivity contribution in [1.82, 2.24) is 19.5 Å². The maximum atomic E-state index is 6.26. The van der Waals surface area contributed by atoms with E-state index >= 15 is 0 Å². The number of para-hydroxylation sites is 2. The Labute approximate surface area is 167 Å². The third-order valence-electron chi connectivity index (χ3n) is 4.77. The molecule has 140 valence electrons. The van der Waals surface area contributed by atoms with Crippen LogP contribution in [0.1, 0.15) is 13.8 Å². The molecule has 5 aromatic rings. The molecular formula is C22H19ClN4O. The van der Waals surface area contributed by atoms with Gasteiger partial charge in [0.15, 0.2) is 5.82 Å². The molecule has 0 fully saturated rings. The first-order valence-corrected chi connectivity index (χ1v) is 9.65. The molecule has 0 aliphatic heterocycles. The number of oxazole rings is 1. The largest absolute Gasteiger partial charge is 0.444 e. The summed E-state index contributed by atoms with van der Waals surface area (Å²) < 4.78 is 8.07. The number of rotatable bonds is 4. The Bertz CT molecular complexity index is 1260. The summed E-state index contributed by atoms with van der Waals surface area (Å²) in [5.74, 6) is 1.78. The van der Waals surface area contributed by atoms with Crippen molar-refractivity contribution in [3.05, 3.63) is 59.9 Å². The second-order valence-corrected chi connectivity index (χ2v) is 7.83. The number of aromatic nitrogens is 4. The number of H-pyrrole nitrogens is 1. The molecule has 28 heavy (non-hydrogen) atoms. The number of hydrogen-bond donors (Lipinski definition) is 1.